The summed E-state index contributed by atoms with van der Waals surface area (Å²) in [4.78, 5) is 24.1. The second kappa shape index (κ2) is 9.68. The molecule has 1 aromatic heterocycles. The van der Waals surface area contributed by atoms with E-state index >= 15 is 0 Å². The van der Waals surface area contributed by atoms with Gasteiger partial charge in [0.25, 0.3) is 5.91 Å². The molecule has 30 heavy (non-hydrogen) atoms. The number of nitrogens with zero attached hydrogens (tertiary/aromatic N) is 1. The lowest BCUT2D eigenvalue weighted by Gasteiger charge is -2.08. The number of anilines is 1. The van der Waals surface area contributed by atoms with Crippen LogP contribution in [-0.4, -0.2) is 16.3 Å². The van der Waals surface area contributed by atoms with E-state index in [9.17, 15) is 18.4 Å². The van der Waals surface area contributed by atoms with Crippen LogP contribution >= 0.6 is 23.3 Å². The van der Waals surface area contributed by atoms with Crippen LogP contribution < -0.4 is 16.4 Å². The number of halogens is 2. The van der Waals surface area contributed by atoms with Crippen LogP contribution in [0.2, 0.25) is 0 Å². The number of nitrogens with one attached hydrogen (secondary N) is 2. The Morgan fingerprint density at radius 1 is 1.10 bits per heavy atom. The van der Waals surface area contributed by atoms with Crippen LogP contribution in [0.4, 0.5) is 18.6 Å². The summed E-state index contributed by atoms with van der Waals surface area (Å²) in [5.74, 6) is -1.60. The molecule has 0 atom stereocenters. The number of primary amides is 1. The molecule has 0 aliphatic carbocycles. The summed E-state index contributed by atoms with van der Waals surface area (Å²) in [5.41, 5.74) is 8.08. The van der Waals surface area contributed by atoms with Crippen molar-refractivity contribution in [3.8, 4) is 0 Å². The molecule has 3 amide bonds. The number of hydrogen-bond donors (Lipinski definition) is 3. The van der Waals surface area contributed by atoms with Crippen LogP contribution in [0.1, 0.15) is 27.0 Å². The van der Waals surface area contributed by atoms with Gasteiger partial charge in [-0.3, -0.25) is 10.1 Å². The van der Waals surface area contributed by atoms with E-state index in [1.54, 1.807) is 0 Å². The molecular weight excluding hydrogens is 430 g/mol. The second-order valence-corrected chi connectivity index (χ2v) is 8.15. The van der Waals surface area contributed by atoms with Gasteiger partial charge in [-0.05, 0) is 41.7 Å². The van der Waals surface area contributed by atoms with E-state index in [1.807, 2.05) is 31.2 Å². The summed E-state index contributed by atoms with van der Waals surface area (Å²) in [7, 11) is 0. The topological polar surface area (TPSA) is 97.1 Å². The van der Waals surface area contributed by atoms with Crippen LogP contribution in [-0.2, 0) is 12.3 Å². The van der Waals surface area contributed by atoms with E-state index in [1.165, 1.54) is 11.8 Å². The molecule has 6 nitrogen and oxygen atoms in total. The molecular formula is C20H18F2N4O2S2. The fourth-order valence-electron chi connectivity index (χ4n) is 2.56. The Balaban J connectivity index is 1.64. The zero-order valence-corrected chi connectivity index (χ0v) is 17.5. The Kier molecular flexibility index (Phi) is 7.01. The summed E-state index contributed by atoms with van der Waals surface area (Å²) in [6, 6.07) is 10.3. The quantitative estimate of drug-likeness (QED) is 0.466. The number of carbonyl (C=O) groups is 2. The number of benzene rings is 2. The predicted molar refractivity (Wildman–Crippen MR) is 114 cm³/mol. The Labute approximate surface area is 180 Å². The molecule has 4 N–H and O–H groups in total. The average Bonchev–Trinajstić information content (AvgIpc) is 3.08. The van der Waals surface area contributed by atoms with Crippen LogP contribution in [0.25, 0.3) is 0 Å². The molecule has 156 valence electrons. The molecule has 0 unspecified atom stereocenters. The van der Waals surface area contributed by atoms with Gasteiger partial charge in [0, 0.05) is 18.4 Å². The molecule has 0 spiro atoms. The van der Waals surface area contributed by atoms with Crippen molar-refractivity contribution in [3.63, 3.8) is 0 Å². The monoisotopic (exact) mass is 448 g/mol. The highest BCUT2D eigenvalue weighted by atomic mass is 32.2. The predicted octanol–water partition coefficient (Wildman–Crippen LogP) is 4.44. The van der Waals surface area contributed by atoms with Gasteiger partial charge < -0.3 is 11.1 Å². The maximum atomic E-state index is 13.2. The number of aromatic nitrogens is 1. The van der Waals surface area contributed by atoms with E-state index in [2.05, 4.69) is 15.0 Å². The summed E-state index contributed by atoms with van der Waals surface area (Å²) in [6.07, 6.45) is 0. The minimum Gasteiger partial charge on any atom is -0.365 e. The maximum absolute atomic E-state index is 13.2. The molecule has 0 fully saturated rings. The molecule has 3 rings (SSSR count). The summed E-state index contributed by atoms with van der Waals surface area (Å²) < 4.78 is 30.7. The van der Waals surface area contributed by atoms with Crippen molar-refractivity contribution in [2.75, 3.05) is 5.32 Å². The summed E-state index contributed by atoms with van der Waals surface area (Å²) in [6.45, 7) is 1.90. The minimum atomic E-state index is -0.735. The zero-order chi connectivity index (χ0) is 21.7. The fourth-order valence-corrected chi connectivity index (χ4v) is 4.48. The molecule has 0 aliphatic heterocycles. The van der Waals surface area contributed by atoms with Gasteiger partial charge >= 0.3 is 6.03 Å². The first-order valence-electron chi connectivity index (χ1n) is 8.79. The van der Waals surface area contributed by atoms with Gasteiger partial charge in [-0.2, -0.15) is 4.37 Å². The van der Waals surface area contributed by atoms with Crippen LogP contribution in [0.3, 0.4) is 0 Å². The van der Waals surface area contributed by atoms with Crippen LogP contribution in [0.5, 0.6) is 0 Å². The van der Waals surface area contributed by atoms with E-state index < -0.39 is 23.6 Å². The van der Waals surface area contributed by atoms with Crippen molar-refractivity contribution in [1.29, 1.82) is 0 Å². The molecule has 1 heterocycles. The molecule has 0 saturated carbocycles. The molecule has 0 saturated heterocycles. The highest BCUT2D eigenvalue weighted by Crippen LogP contribution is 2.33. The fraction of sp³-hybridized carbons (Fsp3) is 0.150. The third kappa shape index (κ3) is 5.77. The third-order valence-electron chi connectivity index (χ3n) is 4.01. The molecule has 0 bridgehead atoms. The number of rotatable bonds is 7. The van der Waals surface area contributed by atoms with Gasteiger partial charge in [-0.25, -0.2) is 13.6 Å². The lowest BCUT2D eigenvalue weighted by molar-refractivity contribution is 0.0998. The molecule has 2 aromatic carbocycles. The van der Waals surface area contributed by atoms with Crippen molar-refractivity contribution >= 4 is 40.2 Å². The number of aryl methyl sites for hydroxylation is 1. The Morgan fingerprint density at radius 3 is 2.40 bits per heavy atom. The van der Waals surface area contributed by atoms with E-state index in [-0.39, 0.29) is 22.7 Å². The van der Waals surface area contributed by atoms with E-state index in [0.717, 1.165) is 40.9 Å². The van der Waals surface area contributed by atoms with Crippen molar-refractivity contribution in [2.45, 2.75) is 24.2 Å². The van der Waals surface area contributed by atoms with Gasteiger partial charge in [0.15, 0.2) is 0 Å². The molecule has 0 aliphatic rings. The lowest BCUT2D eigenvalue weighted by atomic mass is 10.2. The highest BCUT2D eigenvalue weighted by Gasteiger charge is 2.21. The van der Waals surface area contributed by atoms with Gasteiger partial charge in [0.05, 0.1) is 0 Å². The standard InChI is InChI=1S/C20H18F2N4O2S2/c1-11-2-4-12(5-3-11)10-29-19-16(17(23)27)18(30-26-19)25-20(28)24-9-13-6-14(21)8-15(22)7-13/h2-8H,9-10H2,1H3,(H2,23,27)(H2,24,25,28). The van der Waals surface area contributed by atoms with Crippen molar-refractivity contribution in [2.24, 2.45) is 5.73 Å². The lowest BCUT2D eigenvalue weighted by Crippen LogP contribution is -2.29. The normalized spacial score (nSPS) is 10.6. The molecule has 0 radical (unpaired) electrons. The first-order valence-corrected chi connectivity index (χ1v) is 10.6. The largest absolute Gasteiger partial charge is 0.365 e. The minimum absolute atomic E-state index is 0.0970. The number of thioether (sulfide) groups is 1. The van der Waals surface area contributed by atoms with Crippen LogP contribution in [0, 0.1) is 18.6 Å². The van der Waals surface area contributed by atoms with Crippen molar-refractivity contribution < 1.29 is 18.4 Å². The van der Waals surface area contributed by atoms with Gasteiger partial charge in [-0.1, -0.05) is 41.6 Å². The molecule has 3 aromatic rings. The van der Waals surface area contributed by atoms with Gasteiger partial charge in [0.1, 0.15) is 27.2 Å². The van der Waals surface area contributed by atoms with Crippen molar-refractivity contribution in [3.05, 3.63) is 76.4 Å². The van der Waals surface area contributed by atoms with Gasteiger partial charge in [0.2, 0.25) is 0 Å². The number of amides is 3. The Bertz CT molecular complexity index is 1050. The number of hydrogen-bond acceptors (Lipinski definition) is 5. The van der Waals surface area contributed by atoms with E-state index in [4.69, 9.17) is 5.73 Å². The zero-order valence-electron chi connectivity index (χ0n) is 15.9. The summed E-state index contributed by atoms with van der Waals surface area (Å²) >= 11 is 2.27. The Hall–Kier alpha value is -2.98. The number of urea groups is 1. The second-order valence-electron chi connectivity index (χ2n) is 6.42. The van der Waals surface area contributed by atoms with Gasteiger partial charge in [-0.15, -0.1) is 0 Å². The number of nitrogens with two attached hydrogens (primary N) is 1. The first kappa shape index (κ1) is 21.7. The van der Waals surface area contributed by atoms with Crippen molar-refractivity contribution in [1.82, 2.24) is 9.69 Å². The third-order valence-corrected chi connectivity index (χ3v) is 5.93. The SMILES string of the molecule is Cc1ccc(CSc2nsc(NC(=O)NCc3cc(F)cc(F)c3)c2C(N)=O)cc1. The van der Waals surface area contributed by atoms with Crippen LogP contribution in [0.15, 0.2) is 47.5 Å². The first-order chi connectivity index (χ1) is 14.3. The average molecular weight is 449 g/mol. The number of carbonyl (C=O) groups excluding carboxylic acids is 2. The maximum Gasteiger partial charge on any atom is 0.320 e. The summed E-state index contributed by atoms with van der Waals surface area (Å²) in [5, 5.41) is 5.63. The smallest absolute Gasteiger partial charge is 0.320 e. The Morgan fingerprint density at radius 2 is 1.77 bits per heavy atom. The highest BCUT2D eigenvalue weighted by molar-refractivity contribution is 7.98. The van der Waals surface area contributed by atoms with E-state index in [0.29, 0.717) is 10.8 Å². The molecule has 10 heteroatoms.